The molecule has 0 aromatic heterocycles. The molecule has 0 aliphatic rings. The number of rotatable bonds is 0. The van der Waals surface area contributed by atoms with Crippen LogP contribution in [0.1, 0.15) is 14.4 Å². The SMILES string of the molecule is C.C[C-]=O.[Y]. The fourth-order valence-corrected chi connectivity index (χ4v) is 0. The summed E-state index contributed by atoms with van der Waals surface area (Å²) in [5.41, 5.74) is 0. The fraction of sp³-hybridized carbons (Fsp3) is 0.667. The van der Waals surface area contributed by atoms with Crippen LogP contribution in [-0.4, -0.2) is 6.29 Å². The van der Waals surface area contributed by atoms with Gasteiger partial charge in [0.15, 0.2) is 0 Å². The Kier molecular flexibility index (Phi) is 73.9. The molecule has 0 amide bonds. The maximum absolute atomic E-state index is 8.68. The number of hydrogen-bond acceptors (Lipinski definition) is 1. The third-order valence-electron chi connectivity index (χ3n) is 0. The van der Waals surface area contributed by atoms with E-state index in [1.54, 1.807) is 0 Å². The van der Waals surface area contributed by atoms with Crippen molar-refractivity contribution >= 4 is 6.29 Å². The predicted octanol–water partition coefficient (Wildman–Crippen LogP) is 0.750. The van der Waals surface area contributed by atoms with Crippen LogP contribution in [-0.2, 0) is 37.5 Å². The summed E-state index contributed by atoms with van der Waals surface area (Å²) in [6.07, 6.45) is 1.50. The van der Waals surface area contributed by atoms with E-state index in [4.69, 9.17) is 4.79 Å². The molecule has 0 aromatic carbocycles. The molecule has 0 N–H and O–H groups in total. The summed E-state index contributed by atoms with van der Waals surface area (Å²) < 4.78 is 0. The third kappa shape index (κ3) is 61.3. The summed E-state index contributed by atoms with van der Waals surface area (Å²) in [5.74, 6) is 0. The van der Waals surface area contributed by atoms with Crippen molar-refractivity contribution in [2.75, 3.05) is 0 Å². The van der Waals surface area contributed by atoms with E-state index in [9.17, 15) is 0 Å². The van der Waals surface area contributed by atoms with Gasteiger partial charge in [0.25, 0.3) is 0 Å². The first-order chi connectivity index (χ1) is 1.41. The van der Waals surface area contributed by atoms with Crippen LogP contribution < -0.4 is 0 Å². The van der Waals surface area contributed by atoms with Crippen LogP contribution in [0.25, 0.3) is 0 Å². The van der Waals surface area contributed by atoms with E-state index in [1.807, 2.05) is 0 Å². The van der Waals surface area contributed by atoms with Gasteiger partial charge in [0.05, 0.1) is 0 Å². The van der Waals surface area contributed by atoms with Gasteiger partial charge in [-0.1, -0.05) is 7.43 Å². The summed E-state index contributed by atoms with van der Waals surface area (Å²) in [6, 6.07) is 0. The largest absolute Gasteiger partial charge is 0.542 e. The first-order valence-electron chi connectivity index (χ1n) is 0.704. The van der Waals surface area contributed by atoms with Crippen molar-refractivity contribution in [3.63, 3.8) is 0 Å². The molecule has 1 radical (unpaired) electrons. The molecular formula is C3H7OY-. The molecule has 0 saturated heterocycles. The quantitative estimate of drug-likeness (QED) is 0.463. The van der Waals surface area contributed by atoms with Crippen LogP contribution in [0.4, 0.5) is 0 Å². The first-order valence-corrected chi connectivity index (χ1v) is 0.704. The predicted molar refractivity (Wildman–Crippen MR) is 18.1 cm³/mol. The van der Waals surface area contributed by atoms with Crippen molar-refractivity contribution in [2.45, 2.75) is 14.4 Å². The summed E-state index contributed by atoms with van der Waals surface area (Å²) >= 11 is 0. The summed E-state index contributed by atoms with van der Waals surface area (Å²) in [6.45, 7) is 1.32. The van der Waals surface area contributed by atoms with E-state index in [0.717, 1.165) is 0 Å². The molecule has 0 saturated carbocycles. The minimum Gasteiger partial charge on any atom is -0.542 e. The molecule has 0 bridgehead atoms. The fourth-order valence-electron chi connectivity index (χ4n) is 0. The van der Waals surface area contributed by atoms with Gasteiger partial charge in [-0.25, -0.2) is 0 Å². The molecule has 29 valence electrons. The van der Waals surface area contributed by atoms with Crippen LogP contribution in [0.3, 0.4) is 0 Å². The van der Waals surface area contributed by atoms with E-state index < -0.39 is 0 Å². The van der Waals surface area contributed by atoms with Gasteiger partial charge in [0, 0.05) is 32.7 Å². The standard InChI is InChI=1S/C2H3O.CH4.Y/c1-2-3;;/h1H3;1H4;/q-1;;. The second kappa shape index (κ2) is 21.6. The second-order valence-electron chi connectivity index (χ2n) is 0.204. The van der Waals surface area contributed by atoms with Gasteiger partial charge in [-0.05, 0) is 0 Å². The molecule has 0 atom stereocenters. The Balaban J connectivity index is -0.0000000200. The molecule has 0 fully saturated rings. The van der Waals surface area contributed by atoms with Crippen molar-refractivity contribution in [3.05, 3.63) is 0 Å². The molecule has 0 aliphatic heterocycles. The molecule has 0 aromatic rings. The maximum Gasteiger partial charge on any atom is 0 e. The minimum atomic E-state index is 0. The van der Waals surface area contributed by atoms with Crippen LogP contribution in [0.15, 0.2) is 0 Å². The zero-order valence-corrected chi connectivity index (χ0v) is 5.32. The van der Waals surface area contributed by atoms with Gasteiger partial charge < -0.3 is 4.79 Å². The van der Waals surface area contributed by atoms with Gasteiger partial charge in [0.2, 0.25) is 0 Å². The van der Waals surface area contributed by atoms with Crippen molar-refractivity contribution in [1.82, 2.24) is 0 Å². The molecule has 0 unspecified atom stereocenters. The molecule has 0 spiro atoms. The Morgan fingerprint density at radius 1 is 1.60 bits per heavy atom. The Morgan fingerprint density at radius 3 is 1.60 bits per heavy atom. The van der Waals surface area contributed by atoms with Gasteiger partial charge in [0.1, 0.15) is 0 Å². The topological polar surface area (TPSA) is 17.1 Å². The average Bonchev–Trinajstić information content (AvgIpc) is 0.918. The van der Waals surface area contributed by atoms with Gasteiger partial charge in [-0.2, -0.15) is 6.92 Å². The molecule has 2 heteroatoms. The van der Waals surface area contributed by atoms with Crippen molar-refractivity contribution in [3.8, 4) is 0 Å². The summed E-state index contributed by atoms with van der Waals surface area (Å²) in [7, 11) is 0. The normalized spacial score (nSPS) is 2.60. The zero-order valence-electron chi connectivity index (χ0n) is 2.49. The van der Waals surface area contributed by atoms with Gasteiger partial charge in [-0.3, -0.25) is 6.29 Å². The maximum atomic E-state index is 8.68. The molecule has 5 heavy (non-hydrogen) atoms. The van der Waals surface area contributed by atoms with E-state index in [0.29, 0.717) is 0 Å². The van der Waals surface area contributed by atoms with Crippen molar-refractivity contribution in [2.24, 2.45) is 0 Å². The van der Waals surface area contributed by atoms with Gasteiger partial charge >= 0.3 is 0 Å². The Hall–Kier alpha value is 0.774. The molecule has 1 nitrogen and oxygen atoms in total. The Labute approximate surface area is 58.0 Å². The third-order valence-corrected chi connectivity index (χ3v) is 0. The summed E-state index contributed by atoms with van der Waals surface area (Å²) in [4.78, 5) is 8.68. The zero-order chi connectivity index (χ0) is 2.71. The summed E-state index contributed by atoms with van der Waals surface area (Å²) in [5, 5.41) is 0. The number of carbonyl (C=O) groups excluding carboxylic acids is 1. The van der Waals surface area contributed by atoms with Crippen molar-refractivity contribution < 1.29 is 37.5 Å². The molecule has 0 heterocycles. The molecule has 0 rings (SSSR count). The van der Waals surface area contributed by atoms with Crippen molar-refractivity contribution in [1.29, 1.82) is 0 Å². The monoisotopic (exact) mass is 148 g/mol. The van der Waals surface area contributed by atoms with E-state index in [-0.39, 0.29) is 40.1 Å². The first kappa shape index (κ1) is 17.1. The van der Waals surface area contributed by atoms with E-state index >= 15 is 0 Å². The van der Waals surface area contributed by atoms with E-state index in [2.05, 4.69) is 0 Å². The van der Waals surface area contributed by atoms with E-state index in [1.165, 1.54) is 13.2 Å². The van der Waals surface area contributed by atoms with Crippen LogP contribution in [0.5, 0.6) is 0 Å². The number of hydrogen-bond donors (Lipinski definition) is 0. The van der Waals surface area contributed by atoms with Crippen LogP contribution in [0, 0.1) is 0 Å². The smallest absolute Gasteiger partial charge is 0 e. The molecule has 0 aliphatic carbocycles. The average molecular weight is 148 g/mol. The van der Waals surface area contributed by atoms with Gasteiger partial charge in [-0.15, -0.1) is 0 Å². The Bertz CT molecular complexity index is 14.4. The molecular weight excluding hydrogens is 141 g/mol. The van der Waals surface area contributed by atoms with Crippen LogP contribution >= 0.6 is 0 Å². The Morgan fingerprint density at radius 2 is 1.60 bits per heavy atom. The van der Waals surface area contributed by atoms with Crippen LogP contribution in [0.2, 0.25) is 0 Å². The second-order valence-corrected chi connectivity index (χ2v) is 0.204. The minimum absolute atomic E-state index is 0.